The van der Waals surface area contributed by atoms with E-state index in [9.17, 15) is 50.6 Å². The van der Waals surface area contributed by atoms with Crippen LogP contribution in [0, 0.1) is 0 Å². The Balaban J connectivity index is 2.11. The molecule has 0 unspecified atom stereocenters. The molecule has 0 spiro atoms. The van der Waals surface area contributed by atoms with Crippen LogP contribution in [0.2, 0.25) is 0 Å². The third kappa shape index (κ3) is 6.56. The fraction of sp³-hybridized carbons (Fsp3) is 0.600. The molecule has 0 saturated carbocycles. The number of ether oxygens (including phenoxy) is 5. The van der Waals surface area contributed by atoms with Crippen molar-refractivity contribution in [2.75, 3.05) is 18.1 Å². The molecule has 0 radical (unpaired) electrons. The molecule has 42 heavy (non-hydrogen) atoms. The number of rotatable bonds is 7. The van der Waals surface area contributed by atoms with Gasteiger partial charge >= 0.3 is 36.2 Å². The van der Waals surface area contributed by atoms with Gasteiger partial charge in [0.1, 0.15) is 12.7 Å². The molecule has 0 aliphatic carbocycles. The zero-order valence-corrected chi connectivity index (χ0v) is 22.6. The van der Waals surface area contributed by atoms with Crippen molar-refractivity contribution in [3.05, 3.63) is 29.3 Å². The predicted molar refractivity (Wildman–Crippen MR) is 125 cm³/mol. The van der Waals surface area contributed by atoms with E-state index >= 15 is 0 Å². The molecule has 1 aromatic carbocycles. The Labute approximate surface area is 234 Å². The van der Waals surface area contributed by atoms with Crippen LogP contribution in [0.15, 0.2) is 18.2 Å². The normalized spacial score (nSPS) is 24.5. The summed E-state index contributed by atoms with van der Waals surface area (Å²) < 4.78 is 108. The predicted octanol–water partition coefficient (Wildman–Crippen LogP) is 2.44. The monoisotopic (exact) mass is 615 g/mol. The molecule has 2 aliphatic rings. The van der Waals surface area contributed by atoms with Crippen LogP contribution in [0.4, 0.5) is 32.0 Å². The molecule has 234 valence electrons. The first-order chi connectivity index (χ1) is 19.3. The third-order valence-corrected chi connectivity index (χ3v) is 6.52. The Morgan fingerprint density at radius 3 is 1.88 bits per heavy atom. The minimum atomic E-state index is -6.10. The number of benzene rings is 1. The van der Waals surface area contributed by atoms with Crippen molar-refractivity contribution in [1.82, 2.24) is 0 Å². The highest BCUT2D eigenvalue weighted by Gasteiger charge is 2.71. The van der Waals surface area contributed by atoms with Gasteiger partial charge in [0.25, 0.3) is 5.60 Å². The minimum Gasteiger partial charge on any atom is -0.463 e. The Bertz CT molecular complexity index is 1210. The molecular formula is C25H27F6NO10. The molecule has 1 fully saturated rings. The standard InChI is InChI=1S/C25H27F6NO10/c1-11(33)38-10-18-19(39-12(2)34)20(40-13(3)35)21(41-14(4)36)22(42-18)32-8-7-15-9-16(5-6-17(15)32)23(37,24(26,27)28)25(29,30)31/h5-6,9,18-22,37H,7-8,10H2,1-4H3/t18-,19+,20-,21+,22-/m0/s1. The van der Waals surface area contributed by atoms with Crippen LogP contribution in [-0.2, 0) is 54.9 Å². The molecule has 0 amide bonds. The highest BCUT2D eigenvalue weighted by molar-refractivity contribution is 5.69. The summed E-state index contributed by atoms with van der Waals surface area (Å²) in [7, 11) is 0. The van der Waals surface area contributed by atoms with E-state index in [2.05, 4.69) is 0 Å². The topological polar surface area (TPSA) is 138 Å². The van der Waals surface area contributed by atoms with Crippen molar-refractivity contribution in [1.29, 1.82) is 0 Å². The molecule has 0 bridgehead atoms. The number of hydrogen-bond donors (Lipinski definition) is 1. The summed E-state index contributed by atoms with van der Waals surface area (Å²) in [5.74, 6) is -3.43. The molecule has 2 heterocycles. The lowest BCUT2D eigenvalue weighted by Gasteiger charge is -2.47. The molecule has 17 heteroatoms. The van der Waals surface area contributed by atoms with E-state index in [1.54, 1.807) is 0 Å². The number of carbonyl (C=O) groups is 4. The lowest BCUT2D eigenvalue weighted by atomic mass is 9.90. The number of anilines is 1. The first-order valence-electron chi connectivity index (χ1n) is 12.3. The highest BCUT2D eigenvalue weighted by Crippen LogP contribution is 2.51. The van der Waals surface area contributed by atoms with Gasteiger partial charge in [0.05, 0.1) is 0 Å². The van der Waals surface area contributed by atoms with Crippen molar-refractivity contribution in [2.45, 2.75) is 82.7 Å². The van der Waals surface area contributed by atoms with E-state index in [1.165, 1.54) is 4.90 Å². The highest BCUT2D eigenvalue weighted by atomic mass is 19.4. The van der Waals surface area contributed by atoms with E-state index in [1.807, 2.05) is 0 Å². The lowest BCUT2D eigenvalue weighted by molar-refractivity contribution is -0.376. The molecule has 1 aromatic rings. The van der Waals surface area contributed by atoms with Gasteiger partial charge in [-0.15, -0.1) is 0 Å². The van der Waals surface area contributed by atoms with Gasteiger partial charge in [0.15, 0.2) is 24.5 Å². The fourth-order valence-electron chi connectivity index (χ4n) is 4.86. The molecule has 3 rings (SSSR count). The van der Waals surface area contributed by atoms with Crippen molar-refractivity contribution in [2.24, 2.45) is 0 Å². The first kappa shape index (κ1) is 32.9. The van der Waals surface area contributed by atoms with Crippen LogP contribution >= 0.6 is 0 Å². The second-order valence-electron chi connectivity index (χ2n) is 9.58. The molecule has 5 atom stereocenters. The van der Waals surface area contributed by atoms with Gasteiger partial charge in [0, 0.05) is 45.5 Å². The summed E-state index contributed by atoms with van der Waals surface area (Å²) in [5, 5.41) is 9.82. The van der Waals surface area contributed by atoms with Gasteiger partial charge < -0.3 is 33.7 Å². The van der Waals surface area contributed by atoms with Crippen LogP contribution in [0.5, 0.6) is 0 Å². The quantitative estimate of drug-likeness (QED) is 0.275. The van der Waals surface area contributed by atoms with Gasteiger partial charge in [-0.05, 0) is 18.1 Å². The minimum absolute atomic E-state index is 0.0475. The second kappa shape index (κ2) is 11.9. The van der Waals surface area contributed by atoms with Gasteiger partial charge in [-0.2, -0.15) is 26.3 Å². The van der Waals surface area contributed by atoms with Crippen molar-refractivity contribution in [3.8, 4) is 0 Å². The SMILES string of the molecule is CC(=O)OC[C@@H]1O[C@H](N2CCc3cc(C(O)(C(F)(F)F)C(F)(F)F)ccc32)[C@H](OC(C)=O)[C@@H](OC(C)=O)[C@@H]1OC(C)=O. The smallest absolute Gasteiger partial charge is 0.430 e. The Hall–Kier alpha value is -3.60. The van der Waals surface area contributed by atoms with E-state index in [-0.39, 0.29) is 24.2 Å². The van der Waals surface area contributed by atoms with E-state index in [0.717, 1.165) is 33.8 Å². The van der Waals surface area contributed by atoms with Gasteiger partial charge in [0.2, 0.25) is 0 Å². The van der Waals surface area contributed by atoms with Crippen LogP contribution in [0.25, 0.3) is 0 Å². The maximum absolute atomic E-state index is 13.5. The van der Waals surface area contributed by atoms with E-state index in [0.29, 0.717) is 12.1 Å². The van der Waals surface area contributed by atoms with Gasteiger partial charge in [-0.3, -0.25) is 19.2 Å². The summed E-state index contributed by atoms with van der Waals surface area (Å²) in [6.07, 6.45) is -19.7. The lowest BCUT2D eigenvalue weighted by Crippen LogP contribution is -2.66. The largest absolute Gasteiger partial charge is 0.463 e. The Morgan fingerprint density at radius 2 is 1.38 bits per heavy atom. The maximum Gasteiger partial charge on any atom is 0.430 e. The number of fused-ring (bicyclic) bond motifs is 1. The average Bonchev–Trinajstić information content (AvgIpc) is 3.25. The number of carbonyl (C=O) groups excluding carboxylic acids is 4. The number of alkyl halides is 6. The van der Waals surface area contributed by atoms with Crippen molar-refractivity contribution in [3.63, 3.8) is 0 Å². The average molecular weight is 615 g/mol. The molecule has 1 saturated heterocycles. The summed E-state index contributed by atoms with van der Waals surface area (Å²) >= 11 is 0. The third-order valence-electron chi connectivity index (χ3n) is 6.52. The van der Waals surface area contributed by atoms with Crippen LogP contribution in [0.1, 0.15) is 38.8 Å². The zero-order chi connectivity index (χ0) is 31.8. The summed E-state index contributed by atoms with van der Waals surface area (Å²) in [6.45, 7) is 3.46. The van der Waals surface area contributed by atoms with Crippen LogP contribution in [-0.4, -0.2) is 85.1 Å². The Kier molecular flexibility index (Phi) is 9.36. The molecule has 1 N–H and O–H groups in total. The fourth-order valence-corrected chi connectivity index (χ4v) is 4.86. The molecular weight excluding hydrogens is 588 g/mol. The van der Waals surface area contributed by atoms with E-state index < -0.39 is 84.6 Å². The summed E-state index contributed by atoms with van der Waals surface area (Å²) in [5.41, 5.74) is -6.63. The zero-order valence-electron chi connectivity index (χ0n) is 22.6. The van der Waals surface area contributed by atoms with E-state index in [4.69, 9.17) is 23.7 Å². The first-order valence-corrected chi connectivity index (χ1v) is 12.3. The Morgan fingerprint density at radius 1 is 0.857 bits per heavy atom. The van der Waals surface area contributed by atoms with Gasteiger partial charge in [-0.1, -0.05) is 12.1 Å². The molecule has 11 nitrogen and oxygen atoms in total. The number of hydrogen-bond acceptors (Lipinski definition) is 11. The summed E-state index contributed by atoms with van der Waals surface area (Å²) in [4.78, 5) is 48.8. The number of halogens is 6. The van der Waals surface area contributed by atoms with Crippen molar-refractivity contribution >= 4 is 29.6 Å². The second-order valence-corrected chi connectivity index (χ2v) is 9.58. The van der Waals surface area contributed by atoms with Crippen LogP contribution < -0.4 is 4.90 Å². The number of nitrogens with zero attached hydrogens (tertiary/aromatic N) is 1. The molecule has 0 aromatic heterocycles. The summed E-state index contributed by atoms with van der Waals surface area (Å²) in [6, 6.07) is 1.90. The maximum atomic E-state index is 13.5. The number of aliphatic hydroxyl groups is 1. The van der Waals surface area contributed by atoms with Crippen LogP contribution in [0.3, 0.4) is 0 Å². The van der Waals surface area contributed by atoms with Crippen molar-refractivity contribution < 1.29 is 74.3 Å². The van der Waals surface area contributed by atoms with Gasteiger partial charge in [-0.25, -0.2) is 0 Å². The molecule has 2 aliphatic heterocycles. The number of esters is 4.